The number of benzene rings is 1. The van der Waals surface area contributed by atoms with Crippen molar-refractivity contribution in [3.8, 4) is 5.69 Å². The normalized spacial score (nSPS) is 11.0. The van der Waals surface area contributed by atoms with Crippen molar-refractivity contribution in [3.05, 3.63) is 41.2 Å². The monoisotopic (exact) mass is 274 g/mol. The maximum absolute atomic E-state index is 13.5. The Morgan fingerprint density at radius 2 is 1.74 bits per heavy atom. The van der Waals surface area contributed by atoms with Crippen molar-refractivity contribution in [3.63, 3.8) is 0 Å². The van der Waals surface area contributed by atoms with Gasteiger partial charge >= 0.3 is 0 Å². The van der Waals surface area contributed by atoms with E-state index < -0.39 is 29.0 Å². The number of rotatable bonds is 4. The summed E-state index contributed by atoms with van der Waals surface area (Å²) in [5, 5.41) is 7.11. The summed E-state index contributed by atoms with van der Waals surface area (Å²) >= 11 is 0. The molecule has 0 saturated carbocycles. The predicted octanol–water partition coefficient (Wildman–Crippen LogP) is 1.72. The molecule has 0 spiro atoms. The van der Waals surface area contributed by atoms with Gasteiger partial charge in [0.25, 0.3) is 0 Å². The molecule has 0 aliphatic rings. The Labute approximate surface area is 105 Å². The number of halogens is 4. The zero-order chi connectivity index (χ0) is 14.0. The second-order valence-corrected chi connectivity index (χ2v) is 3.86. The van der Waals surface area contributed by atoms with E-state index in [4.69, 9.17) is 5.73 Å². The van der Waals surface area contributed by atoms with Crippen molar-refractivity contribution in [1.82, 2.24) is 15.0 Å². The lowest BCUT2D eigenvalue weighted by Gasteiger charge is -2.05. The van der Waals surface area contributed by atoms with E-state index >= 15 is 0 Å². The summed E-state index contributed by atoms with van der Waals surface area (Å²) in [6.45, 7) is 0.421. The summed E-state index contributed by atoms with van der Waals surface area (Å²) in [7, 11) is 0. The summed E-state index contributed by atoms with van der Waals surface area (Å²) < 4.78 is 53.8. The van der Waals surface area contributed by atoms with Gasteiger partial charge in [0.05, 0.1) is 11.9 Å². The highest BCUT2D eigenvalue weighted by atomic mass is 19.2. The van der Waals surface area contributed by atoms with E-state index in [2.05, 4.69) is 10.3 Å². The van der Waals surface area contributed by atoms with Gasteiger partial charge in [-0.15, -0.1) is 5.10 Å². The summed E-state index contributed by atoms with van der Waals surface area (Å²) in [6.07, 6.45) is 2.27. The van der Waals surface area contributed by atoms with Gasteiger partial charge in [0.15, 0.2) is 23.3 Å². The summed E-state index contributed by atoms with van der Waals surface area (Å²) in [6, 6.07) is 0.139. The molecule has 1 aromatic carbocycles. The van der Waals surface area contributed by atoms with Gasteiger partial charge in [0.2, 0.25) is 0 Å². The molecule has 0 radical (unpaired) electrons. The third-order valence-corrected chi connectivity index (χ3v) is 2.50. The number of nitrogens with two attached hydrogens (primary N) is 1. The molecular weight excluding hydrogens is 264 g/mol. The minimum atomic E-state index is -1.52. The number of nitrogens with zero attached hydrogens (tertiary/aromatic N) is 3. The van der Waals surface area contributed by atoms with Crippen molar-refractivity contribution in [2.24, 2.45) is 5.73 Å². The quantitative estimate of drug-likeness (QED) is 0.682. The van der Waals surface area contributed by atoms with E-state index in [1.54, 1.807) is 0 Å². The van der Waals surface area contributed by atoms with E-state index in [-0.39, 0.29) is 6.07 Å². The first-order valence-electron chi connectivity index (χ1n) is 5.49. The van der Waals surface area contributed by atoms with Crippen molar-refractivity contribution < 1.29 is 17.6 Å². The van der Waals surface area contributed by atoms with Crippen LogP contribution < -0.4 is 5.73 Å². The van der Waals surface area contributed by atoms with Crippen LogP contribution in [0.25, 0.3) is 5.69 Å². The van der Waals surface area contributed by atoms with Crippen LogP contribution in [0.1, 0.15) is 12.1 Å². The topological polar surface area (TPSA) is 56.7 Å². The van der Waals surface area contributed by atoms with Crippen molar-refractivity contribution in [1.29, 1.82) is 0 Å². The van der Waals surface area contributed by atoms with Crippen LogP contribution in [-0.2, 0) is 6.42 Å². The molecule has 0 fully saturated rings. The second kappa shape index (κ2) is 5.35. The molecule has 0 amide bonds. The number of hydrogen-bond donors (Lipinski definition) is 1. The maximum Gasteiger partial charge on any atom is 0.187 e. The smallest absolute Gasteiger partial charge is 0.187 e. The Hall–Kier alpha value is -1.96. The van der Waals surface area contributed by atoms with Crippen LogP contribution in [-0.4, -0.2) is 21.5 Å². The molecule has 2 aromatic rings. The van der Waals surface area contributed by atoms with Crippen molar-refractivity contribution >= 4 is 0 Å². The minimum absolute atomic E-state index is 0.139. The third kappa shape index (κ3) is 2.58. The third-order valence-electron chi connectivity index (χ3n) is 2.50. The fraction of sp³-hybridized carbons (Fsp3) is 0.273. The highest BCUT2D eigenvalue weighted by molar-refractivity contribution is 5.36. The summed E-state index contributed by atoms with van der Waals surface area (Å²) in [5.74, 6) is -6.02. The van der Waals surface area contributed by atoms with Gasteiger partial charge in [-0.05, 0) is 19.4 Å². The molecule has 4 nitrogen and oxygen atoms in total. The molecule has 0 unspecified atom stereocenters. The van der Waals surface area contributed by atoms with Crippen LogP contribution >= 0.6 is 0 Å². The lowest BCUT2D eigenvalue weighted by atomic mass is 10.2. The zero-order valence-corrected chi connectivity index (χ0v) is 9.71. The van der Waals surface area contributed by atoms with Gasteiger partial charge in [-0.25, -0.2) is 22.2 Å². The van der Waals surface area contributed by atoms with Gasteiger partial charge in [-0.2, -0.15) is 0 Å². The van der Waals surface area contributed by atoms with Crippen LogP contribution in [0.5, 0.6) is 0 Å². The van der Waals surface area contributed by atoms with E-state index in [9.17, 15) is 17.6 Å². The molecule has 102 valence electrons. The van der Waals surface area contributed by atoms with Crippen LogP contribution in [0.4, 0.5) is 17.6 Å². The molecule has 0 aliphatic carbocycles. The van der Waals surface area contributed by atoms with Gasteiger partial charge in [-0.1, -0.05) is 5.21 Å². The Morgan fingerprint density at radius 3 is 2.32 bits per heavy atom. The van der Waals surface area contributed by atoms with Crippen LogP contribution in [0.3, 0.4) is 0 Å². The molecule has 1 heterocycles. The fourth-order valence-electron chi connectivity index (χ4n) is 1.57. The van der Waals surface area contributed by atoms with E-state index in [0.717, 1.165) is 0 Å². The lowest BCUT2D eigenvalue weighted by Crippen LogP contribution is -2.07. The molecule has 2 N–H and O–H groups in total. The van der Waals surface area contributed by atoms with Crippen LogP contribution in [0.15, 0.2) is 12.3 Å². The van der Waals surface area contributed by atoms with E-state index in [1.165, 1.54) is 6.20 Å². The molecule has 0 bridgehead atoms. The highest BCUT2D eigenvalue weighted by Crippen LogP contribution is 2.22. The Kier molecular flexibility index (Phi) is 3.79. The summed E-state index contributed by atoms with van der Waals surface area (Å²) in [5.41, 5.74) is 4.81. The second-order valence-electron chi connectivity index (χ2n) is 3.86. The molecule has 2 rings (SSSR count). The predicted molar refractivity (Wildman–Crippen MR) is 58.6 cm³/mol. The first-order valence-corrected chi connectivity index (χ1v) is 5.49. The highest BCUT2D eigenvalue weighted by Gasteiger charge is 2.21. The Bertz CT molecular complexity index is 570. The summed E-state index contributed by atoms with van der Waals surface area (Å²) in [4.78, 5) is 0. The van der Waals surface area contributed by atoms with Crippen molar-refractivity contribution in [2.45, 2.75) is 12.8 Å². The van der Waals surface area contributed by atoms with E-state index in [0.29, 0.717) is 29.8 Å². The van der Waals surface area contributed by atoms with Gasteiger partial charge in [0.1, 0.15) is 5.69 Å². The molecule has 0 saturated heterocycles. The van der Waals surface area contributed by atoms with Gasteiger partial charge in [0, 0.05) is 6.07 Å². The fourth-order valence-corrected chi connectivity index (χ4v) is 1.57. The molecule has 1 aromatic heterocycles. The zero-order valence-electron chi connectivity index (χ0n) is 9.71. The molecule has 0 atom stereocenters. The average molecular weight is 274 g/mol. The minimum Gasteiger partial charge on any atom is -0.330 e. The largest absolute Gasteiger partial charge is 0.330 e. The average Bonchev–Trinajstić information content (AvgIpc) is 2.83. The van der Waals surface area contributed by atoms with Crippen molar-refractivity contribution in [2.75, 3.05) is 6.54 Å². The van der Waals surface area contributed by atoms with E-state index in [1.807, 2.05) is 0 Å². The number of aryl methyl sites for hydroxylation is 1. The molecule has 0 aliphatic heterocycles. The lowest BCUT2D eigenvalue weighted by molar-refractivity contribution is 0.443. The van der Waals surface area contributed by atoms with Crippen LogP contribution in [0.2, 0.25) is 0 Å². The first kappa shape index (κ1) is 13.5. The Balaban J connectivity index is 2.44. The van der Waals surface area contributed by atoms with Gasteiger partial charge in [-0.3, -0.25) is 0 Å². The van der Waals surface area contributed by atoms with Crippen LogP contribution in [0, 0.1) is 23.3 Å². The number of aromatic nitrogens is 3. The molecule has 19 heavy (non-hydrogen) atoms. The first-order chi connectivity index (χ1) is 9.04. The number of hydrogen-bond acceptors (Lipinski definition) is 3. The maximum atomic E-state index is 13.5. The standard InChI is InChI=1S/C11H10F4N4/c12-7-4-8(13)10(15)11(9(7)14)19-5-6(17-18-19)2-1-3-16/h4-5H,1-3,16H2. The van der Waals surface area contributed by atoms with Gasteiger partial charge < -0.3 is 5.73 Å². The molecule has 8 heteroatoms. The SMILES string of the molecule is NCCCc1cn(-c2c(F)c(F)cc(F)c2F)nn1. The molecular formula is C11H10F4N4. The Morgan fingerprint density at radius 1 is 1.11 bits per heavy atom.